The number of nitrogens with one attached hydrogen (secondary N) is 1. The first-order valence-electron chi connectivity index (χ1n) is 6.78. The Kier molecular flexibility index (Phi) is 5.79. The van der Waals surface area contributed by atoms with E-state index in [1.807, 2.05) is 6.92 Å². The molecule has 1 aromatic heterocycles. The lowest BCUT2D eigenvalue weighted by atomic mass is 10.2. The summed E-state index contributed by atoms with van der Waals surface area (Å²) in [4.78, 5) is 15.2. The highest BCUT2D eigenvalue weighted by molar-refractivity contribution is 5.39. The van der Waals surface area contributed by atoms with E-state index in [1.165, 1.54) is 0 Å². The SMILES string of the molecule is CCNc1nc(OC)nc(N(CC(C)C)C(C)C)n1. The number of rotatable bonds is 7. The van der Waals surface area contributed by atoms with E-state index in [9.17, 15) is 0 Å². The third-order valence-corrected chi connectivity index (χ3v) is 2.56. The van der Waals surface area contributed by atoms with Crippen LogP contribution in [0.1, 0.15) is 34.6 Å². The maximum atomic E-state index is 5.15. The third-order valence-electron chi connectivity index (χ3n) is 2.56. The minimum atomic E-state index is 0.323. The summed E-state index contributed by atoms with van der Waals surface area (Å²) in [5, 5.41) is 3.10. The number of aromatic nitrogens is 3. The maximum absolute atomic E-state index is 5.15. The molecule has 19 heavy (non-hydrogen) atoms. The monoisotopic (exact) mass is 267 g/mol. The van der Waals surface area contributed by atoms with Gasteiger partial charge in [-0.05, 0) is 26.7 Å². The van der Waals surface area contributed by atoms with Gasteiger partial charge in [-0.25, -0.2) is 0 Å². The first-order valence-corrected chi connectivity index (χ1v) is 6.78. The van der Waals surface area contributed by atoms with E-state index < -0.39 is 0 Å². The fourth-order valence-corrected chi connectivity index (χ4v) is 1.72. The molecule has 0 aliphatic heterocycles. The van der Waals surface area contributed by atoms with Gasteiger partial charge < -0.3 is 15.0 Å². The highest BCUT2D eigenvalue weighted by Crippen LogP contribution is 2.18. The summed E-state index contributed by atoms with van der Waals surface area (Å²) < 4.78 is 5.15. The zero-order valence-electron chi connectivity index (χ0n) is 12.8. The van der Waals surface area contributed by atoms with Gasteiger partial charge in [-0.3, -0.25) is 0 Å². The molecule has 0 unspecified atom stereocenters. The summed E-state index contributed by atoms with van der Waals surface area (Å²) in [6.07, 6.45) is 0. The lowest BCUT2D eigenvalue weighted by Crippen LogP contribution is -2.35. The van der Waals surface area contributed by atoms with Crippen LogP contribution in [0, 0.1) is 5.92 Å². The van der Waals surface area contributed by atoms with Crippen LogP contribution in [0.5, 0.6) is 6.01 Å². The largest absolute Gasteiger partial charge is 0.467 e. The molecular formula is C13H25N5O. The van der Waals surface area contributed by atoms with Gasteiger partial charge >= 0.3 is 6.01 Å². The molecule has 0 spiro atoms. The van der Waals surface area contributed by atoms with Crippen molar-refractivity contribution in [3.8, 4) is 6.01 Å². The van der Waals surface area contributed by atoms with Gasteiger partial charge in [-0.1, -0.05) is 13.8 Å². The Bertz CT molecular complexity index is 395. The van der Waals surface area contributed by atoms with Gasteiger partial charge in [-0.15, -0.1) is 0 Å². The molecule has 0 fully saturated rings. The molecule has 0 bridgehead atoms. The fourth-order valence-electron chi connectivity index (χ4n) is 1.72. The second kappa shape index (κ2) is 7.11. The second-order valence-electron chi connectivity index (χ2n) is 5.12. The topological polar surface area (TPSA) is 63.2 Å². The number of nitrogens with zero attached hydrogens (tertiary/aromatic N) is 4. The van der Waals surface area contributed by atoms with Crippen molar-refractivity contribution in [3.05, 3.63) is 0 Å². The quantitative estimate of drug-likeness (QED) is 0.817. The Labute approximate surface area is 115 Å². The van der Waals surface area contributed by atoms with Gasteiger partial charge in [-0.2, -0.15) is 15.0 Å². The minimum Gasteiger partial charge on any atom is -0.467 e. The standard InChI is InChI=1S/C13H25N5O/c1-7-14-11-15-12(17-13(16-11)19-6)18(10(4)5)8-9(2)3/h9-10H,7-8H2,1-6H3,(H,14,15,16,17). The molecule has 1 aromatic rings. The second-order valence-corrected chi connectivity index (χ2v) is 5.12. The normalized spacial score (nSPS) is 10.9. The smallest absolute Gasteiger partial charge is 0.322 e. The van der Waals surface area contributed by atoms with E-state index >= 15 is 0 Å². The molecule has 6 nitrogen and oxygen atoms in total. The van der Waals surface area contributed by atoms with Crippen molar-refractivity contribution in [2.24, 2.45) is 5.92 Å². The van der Waals surface area contributed by atoms with Gasteiger partial charge in [0.1, 0.15) is 0 Å². The van der Waals surface area contributed by atoms with Crippen molar-refractivity contribution in [1.29, 1.82) is 0 Å². The molecule has 0 aliphatic rings. The van der Waals surface area contributed by atoms with E-state index in [-0.39, 0.29) is 0 Å². The number of hydrogen-bond donors (Lipinski definition) is 1. The Morgan fingerprint density at radius 2 is 1.84 bits per heavy atom. The molecule has 6 heteroatoms. The van der Waals surface area contributed by atoms with Crippen molar-refractivity contribution in [1.82, 2.24) is 15.0 Å². The number of ether oxygens (including phenoxy) is 1. The van der Waals surface area contributed by atoms with E-state index in [2.05, 4.69) is 52.9 Å². The summed E-state index contributed by atoms with van der Waals surface area (Å²) >= 11 is 0. The van der Waals surface area contributed by atoms with E-state index in [0.717, 1.165) is 13.1 Å². The third kappa shape index (κ3) is 4.54. The van der Waals surface area contributed by atoms with E-state index in [1.54, 1.807) is 7.11 Å². The first kappa shape index (κ1) is 15.5. The Morgan fingerprint density at radius 3 is 2.32 bits per heavy atom. The van der Waals surface area contributed by atoms with Gasteiger partial charge in [0.2, 0.25) is 11.9 Å². The molecule has 0 amide bonds. The molecule has 0 atom stereocenters. The van der Waals surface area contributed by atoms with Crippen molar-refractivity contribution >= 4 is 11.9 Å². The van der Waals surface area contributed by atoms with Crippen LogP contribution in [0.25, 0.3) is 0 Å². The zero-order valence-corrected chi connectivity index (χ0v) is 12.8. The summed E-state index contributed by atoms with van der Waals surface area (Å²) in [5.74, 6) is 1.75. The van der Waals surface area contributed by atoms with Crippen LogP contribution in [0.15, 0.2) is 0 Å². The van der Waals surface area contributed by atoms with Gasteiger partial charge in [0.05, 0.1) is 7.11 Å². The summed E-state index contributed by atoms with van der Waals surface area (Å²) in [6.45, 7) is 12.3. The van der Waals surface area contributed by atoms with Crippen LogP contribution in [-0.4, -0.2) is 41.2 Å². The number of methoxy groups -OCH3 is 1. The predicted molar refractivity (Wildman–Crippen MR) is 77.9 cm³/mol. The molecule has 0 aromatic carbocycles. The molecule has 108 valence electrons. The summed E-state index contributed by atoms with van der Waals surface area (Å²) in [5.41, 5.74) is 0. The molecular weight excluding hydrogens is 242 g/mol. The highest BCUT2D eigenvalue weighted by Gasteiger charge is 2.17. The maximum Gasteiger partial charge on any atom is 0.322 e. The highest BCUT2D eigenvalue weighted by atomic mass is 16.5. The summed E-state index contributed by atoms with van der Waals surface area (Å²) in [7, 11) is 1.57. The van der Waals surface area contributed by atoms with Gasteiger partial charge in [0.15, 0.2) is 0 Å². The van der Waals surface area contributed by atoms with Crippen LogP contribution in [-0.2, 0) is 0 Å². The fraction of sp³-hybridized carbons (Fsp3) is 0.769. The van der Waals surface area contributed by atoms with E-state index in [4.69, 9.17) is 4.74 Å². The lowest BCUT2D eigenvalue weighted by molar-refractivity contribution is 0.378. The molecule has 0 aliphatic carbocycles. The van der Waals surface area contributed by atoms with Crippen LogP contribution in [0.2, 0.25) is 0 Å². The molecule has 1 rings (SSSR count). The molecule has 0 saturated carbocycles. The molecule has 1 N–H and O–H groups in total. The Morgan fingerprint density at radius 1 is 1.16 bits per heavy atom. The van der Waals surface area contributed by atoms with Crippen molar-refractivity contribution in [2.45, 2.75) is 40.7 Å². The zero-order chi connectivity index (χ0) is 14.4. The van der Waals surface area contributed by atoms with Crippen molar-refractivity contribution in [3.63, 3.8) is 0 Å². The number of anilines is 2. The van der Waals surface area contributed by atoms with Gasteiger partial charge in [0, 0.05) is 19.1 Å². The summed E-state index contributed by atoms with van der Waals surface area (Å²) in [6, 6.07) is 0.666. The Balaban J connectivity index is 3.09. The predicted octanol–water partition coefficient (Wildman–Crippen LogP) is 2.18. The van der Waals surface area contributed by atoms with Crippen LogP contribution >= 0.6 is 0 Å². The number of hydrogen-bond acceptors (Lipinski definition) is 6. The van der Waals surface area contributed by atoms with Crippen LogP contribution in [0.3, 0.4) is 0 Å². The minimum absolute atomic E-state index is 0.323. The first-order chi connectivity index (χ1) is 8.97. The van der Waals surface area contributed by atoms with Crippen LogP contribution < -0.4 is 15.0 Å². The van der Waals surface area contributed by atoms with Crippen molar-refractivity contribution in [2.75, 3.05) is 30.4 Å². The molecule has 1 heterocycles. The molecule has 0 radical (unpaired) electrons. The van der Waals surface area contributed by atoms with E-state index in [0.29, 0.717) is 29.9 Å². The average molecular weight is 267 g/mol. The average Bonchev–Trinajstić information content (AvgIpc) is 2.35. The van der Waals surface area contributed by atoms with Gasteiger partial charge in [0.25, 0.3) is 0 Å². The van der Waals surface area contributed by atoms with Crippen molar-refractivity contribution < 1.29 is 4.74 Å². The molecule has 0 saturated heterocycles. The Hall–Kier alpha value is -1.59. The lowest BCUT2D eigenvalue weighted by Gasteiger charge is -2.28. The van der Waals surface area contributed by atoms with Crippen LogP contribution in [0.4, 0.5) is 11.9 Å².